The molecule has 0 saturated heterocycles. The van der Waals surface area contributed by atoms with Crippen LogP contribution in [0.3, 0.4) is 0 Å². The number of nitrogens with zero attached hydrogens (tertiary/aromatic N) is 2. The maximum atomic E-state index is 14.2. The lowest BCUT2D eigenvalue weighted by Gasteiger charge is -2.15. The lowest BCUT2D eigenvalue weighted by atomic mass is 9.97. The lowest BCUT2D eigenvalue weighted by molar-refractivity contribution is 0.317. The maximum absolute atomic E-state index is 14.2. The van der Waals surface area contributed by atoms with Crippen molar-refractivity contribution in [2.45, 2.75) is 0 Å². The zero-order chi connectivity index (χ0) is 21.5. The largest absolute Gasteiger partial charge is 0.409 e. The van der Waals surface area contributed by atoms with Gasteiger partial charge in [-0.1, -0.05) is 10.3 Å². The Balaban J connectivity index is 3.03. The van der Waals surface area contributed by atoms with Gasteiger partial charge in [0, 0.05) is 0 Å². The van der Waals surface area contributed by atoms with Gasteiger partial charge in [0.1, 0.15) is 0 Å². The number of hydrogen-bond donors (Lipinski definition) is 4. The molecule has 6 nitrogen and oxygen atoms in total. The summed E-state index contributed by atoms with van der Waals surface area (Å²) in [5.41, 5.74) is 1.93. The molecule has 0 aliphatic rings. The van der Waals surface area contributed by atoms with Gasteiger partial charge in [0.15, 0.2) is 58.2 Å². The fourth-order valence-corrected chi connectivity index (χ4v) is 2.25. The number of hydrogen-bond acceptors (Lipinski definition) is 4. The number of amidine groups is 2. The third kappa shape index (κ3) is 2.82. The van der Waals surface area contributed by atoms with Crippen molar-refractivity contribution in [1.82, 2.24) is 0 Å². The van der Waals surface area contributed by atoms with Crippen LogP contribution in [-0.4, -0.2) is 22.1 Å². The topological polar surface area (TPSA) is 117 Å². The van der Waals surface area contributed by atoms with Crippen LogP contribution in [0.15, 0.2) is 10.3 Å². The molecule has 28 heavy (non-hydrogen) atoms. The van der Waals surface area contributed by atoms with Crippen molar-refractivity contribution in [1.29, 1.82) is 0 Å². The molecule has 150 valence electrons. The third-order valence-corrected chi connectivity index (χ3v) is 3.50. The molecule has 0 amide bonds. The quantitative estimate of drug-likeness (QED) is 0.154. The summed E-state index contributed by atoms with van der Waals surface area (Å²) in [6.07, 6.45) is 0. The highest BCUT2D eigenvalue weighted by atomic mass is 19.2. The number of nitrogens with two attached hydrogens (primary N) is 2. The predicted octanol–water partition coefficient (Wildman–Crippen LogP) is 2.66. The minimum atomic E-state index is -2.51. The van der Waals surface area contributed by atoms with Crippen molar-refractivity contribution in [2.24, 2.45) is 21.8 Å². The van der Waals surface area contributed by atoms with E-state index in [4.69, 9.17) is 21.9 Å². The second-order valence-corrected chi connectivity index (χ2v) is 4.98. The Hall–Kier alpha value is -3.58. The van der Waals surface area contributed by atoms with Crippen LogP contribution in [0.1, 0.15) is 11.1 Å². The molecule has 0 heterocycles. The van der Waals surface area contributed by atoms with Crippen LogP contribution in [-0.2, 0) is 0 Å². The molecule has 0 radical (unpaired) electrons. The van der Waals surface area contributed by atoms with Gasteiger partial charge in [-0.05, 0) is 0 Å². The molecule has 0 aliphatic heterocycles. The molecule has 2 aromatic rings. The highest BCUT2D eigenvalue weighted by Gasteiger charge is 2.35. The van der Waals surface area contributed by atoms with Gasteiger partial charge in [-0.15, -0.1) is 0 Å². The van der Waals surface area contributed by atoms with Gasteiger partial charge >= 0.3 is 0 Å². The fraction of sp³-hybridized carbons (Fsp3) is 0. The summed E-state index contributed by atoms with van der Waals surface area (Å²) >= 11 is 0. The highest BCUT2D eigenvalue weighted by Crippen LogP contribution is 2.38. The van der Waals surface area contributed by atoms with Gasteiger partial charge in [-0.3, -0.25) is 0 Å². The maximum Gasteiger partial charge on any atom is 0.176 e. The van der Waals surface area contributed by atoms with E-state index in [1.165, 1.54) is 0 Å². The van der Waals surface area contributed by atoms with Crippen molar-refractivity contribution in [3.8, 4) is 11.1 Å². The standard InChI is InChI=1S/C14H6F8N4O2/c15-5-1(6(16)10(20)3(9(5)19)13(23)25-27)2-7(17)11(21)4(14(24)26-28)12(22)8(2)18/h27-28H,(H2,23,25)(H2,24,26). The molecule has 0 spiro atoms. The van der Waals surface area contributed by atoms with E-state index < -0.39 is 80.5 Å². The zero-order valence-electron chi connectivity index (χ0n) is 13.0. The number of oxime groups is 2. The van der Waals surface area contributed by atoms with Crippen LogP contribution >= 0.6 is 0 Å². The summed E-state index contributed by atoms with van der Waals surface area (Å²) in [6, 6.07) is 0. The summed E-state index contributed by atoms with van der Waals surface area (Å²) in [5.74, 6) is -22.4. The molecule has 14 heteroatoms. The molecule has 0 bridgehead atoms. The molecule has 2 aromatic carbocycles. The molecule has 0 fully saturated rings. The predicted molar refractivity (Wildman–Crippen MR) is 76.6 cm³/mol. The molecule has 0 unspecified atom stereocenters. The van der Waals surface area contributed by atoms with Gasteiger partial charge in [-0.25, -0.2) is 35.1 Å². The van der Waals surface area contributed by atoms with Crippen LogP contribution in [0.2, 0.25) is 0 Å². The van der Waals surface area contributed by atoms with Gasteiger partial charge in [0.25, 0.3) is 0 Å². The van der Waals surface area contributed by atoms with Gasteiger partial charge in [0.2, 0.25) is 0 Å². The molecule has 0 atom stereocenters. The van der Waals surface area contributed by atoms with E-state index in [2.05, 4.69) is 10.3 Å². The Morgan fingerprint density at radius 1 is 0.500 bits per heavy atom. The van der Waals surface area contributed by atoms with E-state index in [0.29, 0.717) is 0 Å². The Morgan fingerprint density at radius 2 is 0.714 bits per heavy atom. The first kappa shape index (κ1) is 20.7. The average Bonchev–Trinajstić information content (AvgIpc) is 2.67. The van der Waals surface area contributed by atoms with E-state index in [1.54, 1.807) is 0 Å². The molecule has 0 saturated carbocycles. The van der Waals surface area contributed by atoms with Crippen molar-refractivity contribution >= 4 is 11.7 Å². The number of benzene rings is 2. The normalized spacial score (nSPS) is 12.6. The minimum absolute atomic E-state index is 1.44. The van der Waals surface area contributed by atoms with E-state index in [1.807, 2.05) is 0 Å². The van der Waals surface area contributed by atoms with Crippen molar-refractivity contribution in [3.05, 3.63) is 57.7 Å². The molecule has 2 rings (SSSR count). The summed E-state index contributed by atoms with van der Waals surface area (Å²) in [5, 5.41) is 21.1. The highest BCUT2D eigenvalue weighted by molar-refractivity contribution is 5.99. The van der Waals surface area contributed by atoms with E-state index in [0.717, 1.165) is 0 Å². The van der Waals surface area contributed by atoms with E-state index in [-0.39, 0.29) is 0 Å². The van der Waals surface area contributed by atoms with Crippen LogP contribution in [0, 0.1) is 46.5 Å². The number of rotatable bonds is 3. The fourth-order valence-electron chi connectivity index (χ4n) is 2.25. The minimum Gasteiger partial charge on any atom is -0.409 e. The number of halogens is 8. The van der Waals surface area contributed by atoms with Crippen LogP contribution in [0.4, 0.5) is 35.1 Å². The van der Waals surface area contributed by atoms with E-state index in [9.17, 15) is 35.1 Å². The summed E-state index contributed by atoms with van der Waals surface area (Å²) < 4.78 is 113. The summed E-state index contributed by atoms with van der Waals surface area (Å²) in [4.78, 5) is 0. The Morgan fingerprint density at radius 3 is 0.893 bits per heavy atom. The molecule has 6 N–H and O–H groups in total. The van der Waals surface area contributed by atoms with Crippen molar-refractivity contribution in [2.75, 3.05) is 0 Å². The van der Waals surface area contributed by atoms with Crippen LogP contribution in [0.25, 0.3) is 11.1 Å². The van der Waals surface area contributed by atoms with Crippen molar-refractivity contribution < 1.29 is 45.5 Å². The molecular formula is C14H6F8N4O2. The Labute approximate surface area is 149 Å². The molecular weight excluding hydrogens is 408 g/mol. The first-order valence-corrected chi connectivity index (χ1v) is 6.69. The second kappa shape index (κ2) is 7.21. The van der Waals surface area contributed by atoms with Gasteiger partial charge in [0.05, 0.1) is 22.3 Å². The molecule has 0 aliphatic carbocycles. The van der Waals surface area contributed by atoms with Crippen LogP contribution < -0.4 is 11.5 Å². The summed E-state index contributed by atoms with van der Waals surface area (Å²) in [7, 11) is 0. The monoisotopic (exact) mass is 414 g/mol. The average molecular weight is 414 g/mol. The van der Waals surface area contributed by atoms with Crippen molar-refractivity contribution in [3.63, 3.8) is 0 Å². The SMILES string of the molecule is NC(=NO)c1c(F)c(F)c(-c2c(F)c(F)c(C(N)=NO)c(F)c2F)c(F)c1F. The smallest absolute Gasteiger partial charge is 0.176 e. The Kier molecular flexibility index (Phi) is 5.33. The zero-order valence-corrected chi connectivity index (χ0v) is 13.0. The first-order chi connectivity index (χ1) is 13.0. The molecule has 0 aromatic heterocycles. The summed E-state index contributed by atoms with van der Waals surface area (Å²) in [6.45, 7) is 0. The van der Waals surface area contributed by atoms with Gasteiger partial charge < -0.3 is 21.9 Å². The van der Waals surface area contributed by atoms with Crippen LogP contribution in [0.5, 0.6) is 0 Å². The second-order valence-electron chi connectivity index (χ2n) is 4.98. The van der Waals surface area contributed by atoms with E-state index >= 15 is 0 Å². The van der Waals surface area contributed by atoms with Gasteiger partial charge in [-0.2, -0.15) is 0 Å². The third-order valence-electron chi connectivity index (χ3n) is 3.50. The first-order valence-electron chi connectivity index (χ1n) is 6.69. The lowest BCUT2D eigenvalue weighted by Crippen LogP contribution is -2.22. The Bertz CT molecular complexity index is 913.